The van der Waals surface area contributed by atoms with E-state index in [0.29, 0.717) is 17.3 Å². The molecule has 1 heterocycles. The summed E-state index contributed by atoms with van der Waals surface area (Å²) in [5, 5.41) is 0. The number of carbonyl (C=O) groups excluding carboxylic acids is 1. The van der Waals surface area contributed by atoms with E-state index in [0.717, 1.165) is 6.42 Å². The Morgan fingerprint density at radius 2 is 2.32 bits per heavy atom. The number of hydrogen-bond donors (Lipinski definition) is 0. The second kappa shape index (κ2) is 6.82. The zero-order valence-corrected chi connectivity index (χ0v) is 11.7. The smallest absolute Gasteiger partial charge is 0.325 e. The first kappa shape index (κ1) is 15.1. The summed E-state index contributed by atoms with van der Waals surface area (Å²) in [6, 6.07) is 0. The van der Waals surface area contributed by atoms with Crippen LogP contribution in [0.15, 0.2) is 16.1 Å². The van der Waals surface area contributed by atoms with Crippen molar-refractivity contribution in [2.24, 2.45) is 10.9 Å². The first-order valence-electron chi connectivity index (χ1n) is 6.16. The van der Waals surface area contributed by atoms with E-state index >= 15 is 0 Å². The van der Waals surface area contributed by atoms with Crippen molar-refractivity contribution in [3.05, 3.63) is 22.2 Å². The molecule has 0 saturated heterocycles. The Balaban J connectivity index is 3.01. The zero-order chi connectivity index (χ0) is 14.4. The molecule has 1 aromatic rings. The van der Waals surface area contributed by atoms with Gasteiger partial charge in [-0.3, -0.25) is 14.2 Å². The molecule has 0 aliphatic heterocycles. The lowest BCUT2D eigenvalue weighted by atomic mass is 10.1. The van der Waals surface area contributed by atoms with Crippen LogP contribution in [0.2, 0.25) is 0 Å². The average molecular weight is 265 g/mol. The van der Waals surface area contributed by atoms with Crippen LogP contribution in [0.1, 0.15) is 25.8 Å². The van der Waals surface area contributed by atoms with Crippen molar-refractivity contribution in [2.75, 3.05) is 7.11 Å². The van der Waals surface area contributed by atoms with Crippen molar-refractivity contribution in [3.8, 4) is 0 Å². The lowest BCUT2D eigenvalue weighted by Crippen LogP contribution is -2.26. The third kappa shape index (κ3) is 4.01. The molecule has 6 heteroatoms. The maximum Gasteiger partial charge on any atom is 0.325 e. The van der Waals surface area contributed by atoms with Gasteiger partial charge in [-0.1, -0.05) is 13.8 Å². The van der Waals surface area contributed by atoms with E-state index in [2.05, 4.69) is 21.6 Å². The summed E-state index contributed by atoms with van der Waals surface area (Å²) in [5.74, 6) is 0.240. The van der Waals surface area contributed by atoms with Crippen molar-refractivity contribution < 1.29 is 9.53 Å². The highest BCUT2D eigenvalue weighted by molar-refractivity contribution is 5.69. The molecule has 0 N–H and O–H groups in total. The predicted molar refractivity (Wildman–Crippen MR) is 72.9 cm³/mol. The monoisotopic (exact) mass is 265 g/mol. The number of carbonyl (C=O) groups is 1. The van der Waals surface area contributed by atoms with Gasteiger partial charge in [0.25, 0.3) is 5.56 Å². The third-order valence-electron chi connectivity index (χ3n) is 2.86. The maximum absolute atomic E-state index is 12.0. The first-order chi connectivity index (χ1) is 8.99. The Bertz CT molecular complexity index is 534. The number of hydrogen-bond acceptors (Lipinski definition) is 5. The van der Waals surface area contributed by atoms with E-state index in [9.17, 15) is 9.59 Å². The van der Waals surface area contributed by atoms with Gasteiger partial charge in [0.1, 0.15) is 12.9 Å². The Kier molecular flexibility index (Phi) is 5.41. The van der Waals surface area contributed by atoms with E-state index in [1.54, 1.807) is 13.1 Å². The molecule has 0 amide bonds. The summed E-state index contributed by atoms with van der Waals surface area (Å²) in [7, 11) is 1.28. The highest BCUT2D eigenvalue weighted by atomic mass is 16.5. The summed E-state index contributed by atoms with van der Waals surface area (Å²) in [4.78, 5) is 31.4. The molecule has 1 aromatic heterocycles. The van der Waals surface area contributed by atoms with Crippen molar-refractivity contribution >= 4 is 18.0 Å². The van der Waals surface area contributed by atoms with Crippen LogP contribution in [0.5, 0.6) is 0 Å². The molecule has 0 aliphatic rings. The first-order valence-corrected chi connectivity index (χ1v) is 6.16. The van der Waals surface area contributed by atoms with Crippen molar-refractivity contribution in [3.63, 3.8) is 0 Å². The van der Waals surface area contributed by atoms with Gasteiger partial charge in [-0.05, 0) is 19.3 Å². The summed E-state index contributed by atoms with van der Waals surface area (Å²) >= 11 is 0. The van der Waals surface area contributed by atoms with Crippen LogP contribution in [-0.4, -0.2) is 28.8 Å². The second-order valence-electron chi connectivity index (χ2n) is 4.37. The van der Waals surface area contributed by atoms with Gasteiger partial charge in [-0.25, -0.2) is 9.98 Å². The highest BCUT2D eigenvalue weighted by Crippen LogP contribution is 2.10. The number of aromatic nitrogens is 2. The fourth-order valence-electron chi connectivity index (χ4n) is 1.33. The Labute approximate surface area is 112 Å². The van der Waals surface area contributed by atoms with Gasteiger partial charge in [-0.2, -0.15) is 0 Å². The molecule has 0 aromatic carbocycles. The van der Waals surface area contributed by atoms with E-state index < -0.39 is 5.97 Å². The molecule has 0 bridgehead atoms. The number of aliphatic imine (C=N–C) groups is 1. The molecule has 0 aliphatic carbocycles. The minimum absolute atomic E-state index is 0.140. The second-order valence-corrected chi connectivity index (χ2v) is 4.37. The van der Waals surface area contributed by atoms with Gasteiger partial charge in [0.05, 0.1) is 12.7 Å². The van der Waals surface area contributed by atoms with Gasteiger partial charge < -0.3 is 4.74 Å². The standard InChI is InChI=1S/C13H19N3O3/c1-5-9(2)6-14-12-10(3)13(18)16(8-15-12)7-11(17)19-4/h6,8-9H,5,7H2,1-4H3/b14-6-. The van der Waals surface area contributed by atoms with Crippen LogP contribution >= 0.6 is 0 Å². The lowest BCUT2D eigenvalue weighted by Gasteiger charge is -2.06. The van der Waals surface area contributed by atoms with Crippen LogP contribution in [0.25, 0.3) is 0 Å². The van der Waals surface area contributed by atoms with Gasteiger partial charge in [0.2, 0.25) is 0 Å². The van der Waals surface area contributed by atoms with Crippen LogP contribution in [-0.2, 0) is 16.1 Å². The predicted octanol–water partition coefficient (Wildman–Crippen LogP) is 1.47. The number of nitrogens with zero attached hydrogens (tertiary/aromatic N) is 3. The number of esters is 1. The molecule has 1 rings (SSSR count). The molecular weight excluding hydrogens is 246 g/mol. The minimum atomic E-state index is -0.487. The van der Waals surface area contributed by atoms with Crippen LogP contribution < -0.4 is 5.56 Å². The molecule has 0 fully saturated rings. The zero-order valence-electron chi connectivity index (χ0n) is 11.7. The van der Waals surface area contributed by atoms with Crippen molar-refractivity contribution in [1.82, 2.24) is 9.55 Å². The highest BCUT2D eigenvalue weighted by Gasteiger charge is 2.09. The summed E-state index contributed by atoms with van der Waals surface area (Å²) in [6.45, 7) is 5.60. The average Bonchev–Trinajstić information content (AvgIpc) is 2.42. The topological polar surface area (TPSA) is 73.6 Å². The van der Waals surface area contributed by atoms with Crippen molar-refractivity contribution in [2.45, 2.75) is 33.7 Å². The van der Waals surface area contributed by atoms with E-state index in [-0.39, 0.29) is 12.1 Å². The molecule has 104 valence electrons. The van der Waals surface area contributed by atoms with Gasteiger partial charge in [0.15, 0.2) is 5.82 Å². The summed E-state index contributed by atoms with van der Waals surface area (Å²) in [6.07, 6.45) is 4.07. The lowest BCUT2D eigenvalue weighted by molar-refractivity contribution is -0.141. The number of rotatable bonds is 5. The Morgan fingerprint density at radius 1 is 1.63 bits per heavy atom. The SMILES string of the molecule is CCC(C)/C=N\c1ncn(CC(=O)OC)c(=O)c1C. The molecule has 0 radical (unpaired) electrons. The fourth-order valence-corrected chi connectivity index (χ4v) is 1.33. The van der Waals surface area contributed by atoms with Crippen LogP contribution in [0.4, 0.5) is 5.82 Å². The number of ether oxygens (including phenoxy) is 1. The van der Waals surface area contributed by atoms with Gasteiger partial charge >= 0.3 is 5.97 Å². The molecule has 6 nitrogen and oxygen atoms in total. The largest absolute Gasteiger partial charge is 0.468 e. The maximum atomic E-state index is 12.0. The fraction of sp³-hybridized carbons (Fsp3) is 0.538. The van der Waals surface area contributed by atoms with E-state index in [1.165, 1.54) is 18.0 Å². The molecule has 1 atom stereocenters. The number of methoxy groups -OCH3 is 1. The summed E-state index contributed by atoms with van der Waals surface area (Å²) in [5.41, 5.74) is 0.141. The molecule has 0 spiro atoms. The molecule has 1 unspecified atom stereocenters. The van der Waals surface area contributed by atoms with Crippen LogP contribution in [0, 0.1) is 12.8 Å². The van der Waals surface area contributed by atoms with E-state index in [4.69, 9.17) is 0 Å². The van der Waals surface area contributed by atoms with Gasteiger partial charge in [0, 0.05) is 6.21 Å². The quantitative estimate of drug-likeness (QED) is 0.597. The third-order valence-corrected chi connectivity index (χ3v) is 2.86. The normalized spacial score (nSPS) is 12.6. The van der Waals surface area contributed by atoms with E-state index in [1.807, 2.05) is 6.92 Å². The summed E-state index contributed by atoms with van der Waals surface area (Å²) < 4.78 is 5.73. The van der Waals surface area contributed by atoms with Crippen LogP contribution in [0.3, 0.4) is 0 Å². The molecule has 0 saturated carbocycles. The minimum Gasteiger partial charge on any atom is -0.468 e. The molecular formula is C13H19N3O3. The van der Waals surface area contributed by atoms with Gasteiger partial charge in [-0.15, -0.1) is 0 Å². The van der Waals surface area contributed by atoms with Crippen molar-refractivity contribution in [1.29, 1.82) is 0 Å². The Morgan fingerprint density at radius 3 is 2.89 bits per heavy atom. The Hall–Kier alpha value is -1.98. The molecule has 19 heavy (non-hydrogen) atoms.